The lowest BCUT2D eigenvalue weighted by Crippen LogP contribution is -2.09. The molecule has 2 aromatic carbocycles. The summed E-state index contributed by atoms with van der Waals surface area (Å²) in [5, 5.41) is 35.6. The van der Waals surface area contributed by atoms with Crippen molar-refractivity contribution >= 4 is 37.7 Å². The molecule has 2 aromatic rings. The highest BCUT2D eigenvalue weighted by atomic mass is 32.2. The topological polar surface area (TPSA) is 127 Å². The summed E-state index contributed by atoms with van der Waals surface area (Å²) >= 11 is 0. The van der Waals surface area contributed by atoms with Crippen LogP contribution < -0.4 is 4.90 Å². The van der Waals surface area contributed by atoms with Gasteiger partial charge in [0.1, 0.15) is 22.2 Å². The van der Waals surface area contributed by atoms with Crippen LogP contribution in [-0.4, -0.2) is 52.8 Å². The molecule has 2 rings (SSSR count). The minimum Gasteiger partial charge on any atom is -0.505 e. The molecule has 0 aliphatic rings. The fraction of sp³-hybridized carbons (Fsp3) is 0.333. The van der Waals surface area contributed by atoms with Gasteiger partial charge in [-0.25, -0.2) is 8.42 Å². The van der Waals surface area contributed by atoms with E-state index in [1.54, 1.807) is 31.1 Å². The van der Waals surface area contributed by atoms with Crippen molar-refractivity contribution < 1.29 is 18.6 Å². The lowest BCUT2D eigenvalue weighted by atomic mass is 10.0. The first kappa shape index (κ1) is 18.7. The van der Waals surface area contributed by atoms with Crippen LogP contribution in [0.4, 0.5) is 17.1 Å². The van der Waals surface area contributed by atoms with Crippen LogP contribution in [0.25, 0.3) is 10.8 Å². The number of fused-ring (bicyclic) bond motifs is 1. The van der Waals surface area contributed by atoms with Crippen LogP contribution in [0, 0.1) is 0 Å². The Labute approximate surface area is 145 Å². The molecule has 0 saturated carbocycles. The zero-order valence-corrected chi connectivity index (χ0v) is 15.1. The van der Waals surface area contributed by atoms with Crippen LogP contribution in [0.15, 0.2) is 43.6 Å². The first-order chi connectivity index (χ1) is 11.8. The van der Waals surface area contributed by atoms with Gasteiger partial charge in [-0.15, -0.1) is 0 Å². The fourth-order valence-corrected chi connectivity index (χ4v) is 3.33. The summed E-state index contributed by atoms with van der Waals surface area (Å²) in [5.41, 5.74) is 0.866. The van der Waals surface area contributed by atoms with Gasteiger partial charge in [0.15, 0.2) is 5.75 Å². The summed E-state index contributed by atoms with van der Waals surface area (Å²) in [5.74, 6) is -1.48. The number of anilines is 1. The molecule has 0 aromatic heterocycles. The molecule has 0 saturated heterocycles. The lowest BCUT2D eigenvalue weighted by molar-refractivity contribution is 0.358. The number of aliphatic hydroxyl groups excluding tert-OH is 1. The molecule has 134 valence electrons. The molecule has 0 heterocycles. The van der Waals surface area contributed by atoms with Crippen LogP contribution in [0.5, 0.6) is 5.75 Å². The third-order valence-electron chi connectivity index (χ3n) is 3.57. The molecule has 0 radical (unpaired) electrons. The van der Waals surface area contributed by atoms with Crippen LogP contribution in [-0.2, 0) is 9.84 Å². The van der Waals surface area contributed by atoms with Crippen molar-refractivity contribution in [2.45, 2.75) is 4.90 Å². The summed E-state index contributed by atoms with van der Waals surface area (Å²) in [4.78, 5) is 1.47. The molecular formula is C15H19N5O4S. The van der Waals surface area contributed by atoms with Gasteiger partial charge in [-0.2, -0.15) is 20.5 Å². The maximum atomic E-state index is 12.3. The van der Waals surface area contributed by atoms with Gasteiger partial charge in [-0.1, -0.05) is 0 Å². The second-order valence-corrected chi connectivity index (χ2v) is 7.27. The Morgan fingerprint density at radius 2 is 1.64 bits per heavy atom. The van der Waals surface area contributed by atoms with Crippen LogP contribution >= 0.6 is 0 Å². The van der Waals surface area contributed by atoms with E-state index in [-0.39, 0.29) is 16.3 Å². The highest BCUT2D eigenvalue weighted by molar-refractivity contribution is 7.91. The van der Waals surface area contributed by atoms with E-state index in [0.29, 0.717) is 22.1 Å². The minimum absolute atomic E-state index is 0.221. The van der Waals surface area contributed by atoms with E-state index < -0.39 is 15.8 Å². The van der Waals surface area contributed by atoms with Gasteiger partial charge in [0.2, 0.25) is 9.84 Å². The maximum Gasteiger partial charge on any atom is 0.204 e. The Morgan fingerprint density at radius 3 is 2.16 bits per heavy atom. The van der Waals surface area contributed by atoms with Gasteiger partial charge in [-0.3, -0.25) is 0 Å². The number of benzene rings is 2. The van der Waals surface area contributed by atoms with Crippen molar-refractivity contribution in [2.75, 3.05) is 39.0 Å². The third kappa shape index (κ3) is 3.30. The molecule has 9 nitrogen and oxygen atoms in total. The summed E-state index contributed by atoms with van der Waals surface area (Å²) in [6.45, 7) is 0. The van der Waals surface area contributed by atoms with Gasteiger partial charge in [-0.05, 0) is 18.2 Å². The molecule has 0 aliphatic heterocycles. The Kier molecular flexibility index (Phi) is 5.33. The van der Waals surface area contributed by atoms with Gasteiger partial charge >= 0.3 is 0 Å². The van der Waals surface area contributed by atoms with E-state index in [0.717, 1.165) is 0 Å². The molecule has 10 heteroatoms. The Morgan fingerprint density at radius 1 is 1.04 bits per heavy atom. The number of phenols is 1. The van der Waals surface area contributed by atoms with Gasteiger partial charge in [0, 0.05) is 39.0 Å². The predicted octanol–water partition coefficient (Wildman–Crippen LogP) is 2.76. The number of hydrogen-bond acceptors (Lipinski definition) is 9. The molecular weight excluding hydrogens is 346 g/mol. The summed E-state index contributed by atoms with van der Waals surface area (Å²) in [6, 6.07) is 4.69. The third-order valence-corrected chi connectivity index (χ3v) is 4.89. The first-order valence-corrected chi connectivity index (χ1v) is 8.87. The van der Waals surface area contributed by atoms with Gasteiger partial charge in [0.05, 0.1) is 5.69 Å². The van der Waals surface area contributed by atoms with E-state index in [1.165, 1.54) is 20.2 Å². The molecule has 0 amide bonds. The summed E-state index contributed by atoms with van der Waals surface area (Å²) in [7, 11) is 2.38. The largest absolute Gasteiger partial charge is 0.505 e. The highest BCUT2D eigenvalue weighted by Gasteiger charge is 2.25. The number of azo groups is 2. The number of sulfone groups is 1. The van der Waals surface area contributed by atoms with Gasteiger partial charge < -0.3 is 15.1 Å². The molecule has 0 unspecified atom stereocenters. The Hall–Kier alpha value is -2.59. The van der Waals surface area contributed by atoms with Crippen LogP contribution in [0.3, 0.4) is 0 Å². The van der Waals surface area contributed by atoms with Crippen molar-refractivity contribution in [1.82, 2.24) is 0 Å². The van der Waals surface area contributed by atoms with E-state index >= 15 is 0 Å². The smallest absolute Gasteiger partial charge is 0.204 e. The summed E-state index contributed by atoms with van der Waals surface area (Å²) in [6.07, 6.45) is 0. The molecule has 0 spiro atoms. The Bertz CT molecular complexity index is 968. The standard InChI is InChI=1S/C15H19N5O4S/c1-16-18-13-10-7-12(25(23,24)8-21)14(19-17-2)15(22)9(10)5-6-11(13)20(3)4/h5-7,21-22H,8H2,1-4H3. The number of rotatable bonds is 5. The van der Waals surface area contributed by atoms with E-state index in [9.17, 15) is 18.6 Å². The number of phenolic OH excluding ortho intramolecular Hbond substituents is 1. The molecule has 25 heavy (non-hydrogen) atoms. The van der Waals surface area contributed by atoms with Crippen LogP contribution in [0.1, 0.15) is 0 Å². The second kappa shape index (κ2) is 7.11. The zero-order valence-electron chi connectivity index (χ0n) is 14.3. The monoisotopic (exact) mass is 365 g/mol. The maximum absolute atomic E-state index is 12.3. The molecule has 0 bridgehead atoms. The van der Waals surface area contributed by atoms with Crippen LogP contribution in [0.2, 0.25) is 0 Å². The predicted molar refractivity (Wildman–Crippen MR) is 95.1 cm³/mol. The zero-order chi connectivity index (χ0) is 18.8. The number of nitrogens with zero attached hydrogens (tertiary/aromatic N) is 5. The fourth-order valence-electron chi connectivity index (χ4n) is 2.46. The molecule has 0 aliphatic carbocycles. The van der Waals surface area contributed by atoms with Crippen molar-refractivity contribution in [3.63, 3.8) is 0 Å². The van der Waals surface area contributed by atoms with Crippen molar-refractivity contribution in [2.24, 2.45) is 20.5 Å². The van der Waals surface area contributed by atoms with Gasteiger partial charge in [0.25, 0.3) is 0 Å². The number of aliphatic hydroxyl groups is 1. The number of aromatic hydroxyl groups is 1. The molecule has 2 N–H and O–H groups in total. The average Bonchev–Trinajstić information content (AvgIpc) is 2.57. The lowest BCUT2D eigenvalue weighted by Gasteiger charge is -2.18. The van der Waals surface area contributed by atoms with E-state index in [1.807, 2.05) is 0 Å². The highest BCUT2D eigenvalue weighted by Crippen LogP contribution is 2.46. The Balaban J connectivity index is 3.07. The molecule has 0 atom stereocenters. The van der Waals surface area contributed by atoms with Crippen molar-refractivity contribution in [3.05, 3.63) is 18.2 Å². The van der Waals surface area contributed by atoms with E-state index in [4.69, 9.17) is 0 Å². The first-order valence-electron chi connectivity index (χ1n) is 7.21. The quantitative estimate of drug-likeness (QED) is 0.788. The minimum atomic E-state index is -4.07. The van der Waals surface area contributed by atoms with Crippen molar-refractivity contribution in [1.29, 1.82) is 0 Å². The molecule has 0 fully saturated rings. The normalized spacial score (nSPS) is 12.5. The summed E-state index contributed by atoms with van der Waals surface area (Å²) < 4.78 is 24.5. The number of hydrogen-bond donors (Lipinski definition) is 2. The SMILES string of the molecule is CN=Nc1c(S(=O)(=O)CO)cc2c(N=NC)c(N(C)C)ccc2c1O. The van der Waals surface area contributed by atoms with E-state index in [2.05, 4.69) is 20.5 Å². The average molecular weight is 365 g/mol. The second-order valence-electron chi connectivity index (χ2n) is 5.34. The van der Waals surface area contributed by atoms with Crippen molar-refractivity contribution in [3.8, 4) is 5.75 Å².